The maximum atomic E-state index is 11.8. The summed E-state index contributed by atoms with van der Waals surface area (Å²) < 4.78 is 0. The van der Waals surface area contributed by atoms with Gasteiger partial charge in [-0.3, -0.25) is 9.59 Å². The summed E-state index contributed by atoms with van der Waals surface area (Å²) in [5, 5.41) is 8.82. The fourth-order valence-corrected chi connectivity index (χ4v) is 3.53. The predicted octanol–water partition coefficient (Wildman–Crippen LogP) is 2.62. The second-order valence-electron chi connectivity index (χ2n) is 5.29. The van der Waals surface area contributed by atoms with Crippen LogP contribution >= 0.6 is 11.8 Å². The van der Waals surface area contributed by atoms with E-state index in [0.29, 0.717) is 12.8 Å². The first kappa shape index (κ1) is 16.3. The van der Waals surface area contributed by atoms with Gasteiger partial charge in [0.05, 0.1) is 6.42 Å². The molecule has 0 heterocycles. The van der Waals surface area contributed by atoms with Crippen molar-refractivity contribution in [2.75, 3.05) is 24.6 Å². The van der Waals surface area contributed by atoms with Gasteiger partial charge in [-0.2, -0.15) is 11.8 Å². The highest BCUT2D eigenvalue weighted by Crippen LogP contribution is 2.51. The van der Waals surface area contributed by atoms with Crippen LogP contribution in [0.3, 0.4) is 0 Å². The van der Waals surface area contributed by atoms with Crippen molar-refractivity contribution in [1.29, 1.82) is 0 Å². The van der Waals surface area contributed by atoms with Crippen molar-refractivity contribution >= 4 is 23.6 Å². The number of hydrogen-bond donors (Lipinski definition) is 1. The number of nitrogens with zero attached hydrogens (tertiary/aromatic N) is 1. The van der Waals surface area contributed by atoms with E-state index in [-0.39, 0.29) is 11.3 Å². The predicted molar refractivity (Wildman–Crippen MR) is 78.4 cm³/mol. The first-order chi connectivity index (χ1) is 9.03. The highest BCUT2D eigenvalue weighted by molar-refractivity contribution is 7.99. The Bertz CT molecular complexity index is 312. The normalized spacial score (nSPS) is 16.1. The molecule has 5 heteroatoms. The van der Waals surface area contributed by atoms with E-state index in [2.05, 4.69) is 0 Å². The largest absolute Gasteiger partial charge is 0.481 e. The van der Waals surface area contributed by atoms with Crippen LogP contribution in [-0.4, -0.2) is 46.5 Å². The Morgan fingerprint density at radius 2 is 1.89 bits per heavy atom. The first-order valence-corrected chi connectivity index (χ1v) is 8.26. The fourth-order valence-electron chi connectivity index (χ4n) is 2.22. The number of carbonyl (C=O) groups excluding carboxylic acids is 1. The zero-order chi connectivity index (χ0) is 14.3. The molecular weight excluding hydrogens is 262 g/mol. The minimum absolute atomic E-state index is 0.0688. The lowest BCUT2D eigenvalue weighted by molar-refractivity contribution is -0.138. The number of rotatable bonds is 10. The van der Waals surface area contributed by atoms with Crippen molar-refractivity contribution in [1.82, 2.24) is 4.90 Å². The summed E-state index contributed by atoms with van der Waals surface area (Å²) in [5.41, 5.74) is 0.0688. The van der Waals surface area contributed by atoms with Gasteiger partial charge < -0.3 is 10.0 Å². The van der Waals surface area contributed by atoms with E-state index in [1.807, 2.05) is 18.7 Å². The van der Waals surface area contributed by atoms with Gasteiger partial charge in [-0.05, 0) is 50.0 Å². The molecule has 0 unspecified atom stereocenters. The van der Waals surface area contributed by atoms with Crippen molar-refractivity contribution in [3.63, 3.8) is 0 Å². The van der Waals surface area contributed by atoms with E-state index in [1.54, 1.807) is 11.8 Å². The molecule has 1 amide bonds. The van der Waals surface area contributed by atoms with Crippen molar-refractivity contribution in [3.8, 4) is 0 Å². The van der Waals surface area contributed by atoms with E-state index >= 15 is 0 Å². The Balaban J connectivity index is 2.08. The molecule has 19 heavy (non-hydrogen) atoms. The molecule has 110 valence electrons. The van der Waals surface area contributed by atoms with Gasteiger partial charge in [0, 0.05) is 19.5 Å². The molecule has 1 fully saturated rings. The molecule has 0 aromatic heterocycles. The smallest absolute Gasteiger partial charge is 0.303 e. The van der Waals surface area contributed by atoms with E-state index in [0.717, 1.165) is 43.9 Å². The molecule has 0 aliphatic heterocycles. The highest BCUT2D eigenvalue weighted by Gasteiger charge is 2.43. The summed E-state index contributed by atoms with van der Waals surface area (Å²) in [5.74, 6) is 1.43. The van der Waals surface area contributed by atoms with Crippen LogP contribution < -0.4 is 0 Å². The van der Waals surface area contributed by atoms with Crippen LogP contribution in [-0.2, 0) is 9.59 Å². The van der Waals surface area contributed by atoms with Crippen LogP contribution in [0.15, 0.2) is 0 Å². The third-order valence-electron chi connectivity index (χ3n) is 3.69. The molecule has 0 saturated heterocycles. The van der Waals surface area contributed by atoms with Crippen LogP contribution in [0, 0.1) is 5.41 Å². The summed E-state index contributed by atoms with van der Waals surface area (Å²) in [6, 6.07) is 0. The first-order valence-electron chi connectivity index (χ1n) is 7.10. The molecule has 1 aliphatic carbocycles. The molecule has 1 N–H and O–H groups in total. The molecule has 4 nitrogen and oxygen atoms in total. The summed E-state index contributed by atoms with van der Waals surface area (Å²) in [4.78, 5) is 24.3. The van der Waals surface area contributed by atoms with Gasteiger partial charge in [-0.15, -0.1) is 0 Å². The van der Waals surface area contributed by atoms with Gasteiger partial charge in [-0.25, -0.2) is 0 Å². The van der Waals surface area contributed by atoms with Crippen LogP contribution in [0.25, 0.3) is 0 Å². The molecule has 0 radical (unpaired) electrons. The zero-order valence-corrected chi connectivity index (χ0v) is 12.8. The van der Waals surface area contributed by atoms with Crippen molar-refractivity contribution < 1.29 is 14.7 Å². The number of carbonyl (C=O) groups is 2. The number of amides is 1. The summed E-state index contributed by atoms with van der Waals surface area (Å²) in [6.07, 6.45) is 3.90. The van der Waals surface area contributed by atoms with Crippen LogP contribution in [0.2, 0.25) is 0 Å². The molecule has 0 atom stereocenters. The summed E-state index contributed by atoms with van der Waals surface area (Å²) >= 11 is 1.80. The minimum Gasteiger partial charge on any atom is -0.481 e. The van der Waals surface area contributed by atoms with Gasteiger partial charge in [-0.1, -0.05) is 0 Å². The number of thioether (sulfide) groups is 1. The number of aliphatic carboxylic acids is 1. The Morgan fingerprint density at radius 3 is 2.37 bits per heavy atom. The fraction of sp³-hybridized carbons (Fsp3) is 0.857. The number of carboxylic acid groups (broad SMARTS) is 1. The standard InChI is InChI=1S/C14H25NO3S/c1-3-15(4-2)12(16)6-5-9-19-11-14(7-8-14)10-13(17)18/h3-11H2,1-2H3,(H,17,18). The van der Waals surface area contributed by atoms with Crippen LogP contribution in [0.5, 0.6) is 0 Å². The molecule has 1 rings (SSSR count). The van der Waals surface area contributed by atoms with E-state index in [1.165, 1.54) is 0 Å². The number of carboxylic acids is 1. The monoisotopic (exact) mass is 287 g/mol. The molecule has 0 spiro atoms. The van der Waals surface area contributed by atoms with Crippen molar-refractivity contribution in [3.05, 3.63) is 0 Å². The lowest BCUT2D eigenvalue weighted by Crippen LogP contribution is -2.30. The zero-order valence-electron chi connectivity index (χ0n) is 12.0. The van der Waals surface area contributed by atoms with Gasteiger partial charge in [0.1, 0.15) is 0 Å². The minimum atomic E-state index is -0.685. The Labute approximate surface area is 119 Å². The molecule has 0 aromatic rings. The molecule has 0 aromatic carbocycles. The van der Waals surface area contributed by atoms with Crippen LogP contribution in [0.4, 0.5) is 0 Å². The summed E-state index contributed by atoms with van der Waals surface area (Å²) in [6.45, 7) is 5.56. The third-order valence-corrected chi connectivity index (χ3v) is 5.08. The van der Waals surface area contributed by atoms with E-state index < -0.39 is 5.97 Å². The maximum absolute atomic E-state index is 11.8. The van der Waals surface area contributed by atoms with E-state index in [4.69, 9.17) is 5.11 Å². The summed E-state index contributed by atoms with van der Waals surface area (Å²) in [7, 11) is 0. The average Bonchev–Trinajstić information content (AvgIpc) is 3.09. The van der Waals surface area contributed by atoms with Gasteiger partial charge in [0.25, 0.3) is 0 Å². The Morgan fingerprint density at radius 1 is 1.26 bits per heavy atom. The lowest BCUT2D eigenvalue weighted by Gasteiger charge is -2.18. The van der Waals surface area contributed by atoms with Crippen molar-refractivity contribution in [2.45, 2.75) is 46.0 Å². The number of hydrogen-bond acceptors (Lipinski definition) is 3. The van der Waals surface area contributed by atoms with Crippen LogP contribution in [0.1, 0.15) is 46.0 Å². The molecular formula is C14H25NO3S. The highest BCUT2D eigenvalue weighted by atomic mass is 32.2. The van der Waals surface area contributed by atoms with E-state index in [9.17, 15) is 9.59 Å². The van der Waals surface area contributed by atoms with Gasteiger partial charge >= 0.3 is 5.97 Å². The van der Waals surface area contributed by atoms with Gasteiger partial charge in [0.2, 0.25) is 5.91 Å². The SMILES string of the molecule is CCN(CC)C(=O)CCCSCC1(CC(=O)O)CC1. The molecule has 1 aliphatic rings. The maximum Gasteiger partial charge on any atom is 0.303 e. The third kappa shape index (κ3) is 5.85. The Hall–Kier alpha value is -0.710. The van der Waals surface area contributed by atoms with Crippen molar-refractivity contribution in [2.24, 2.45) is 5.41 Å². The second-order valence-corrected chi connectivity index (χ2v) is 6.40. The molecule has 1 saturated carbocycles. The topological polar surface area (TPSA) is 57.6 Å². The quantitative estimate of drug-likeness (QED) is 0.628. The molecule has 0 bridgehead atoms. The van der Waals surface area contributed by atoms with Gasteiger partial charge in [0.15, 0.2) is 0 Å². The lowest BCUT2D eigenvalue weighted by atomic mass is 10.1. The Kier molecular flexibility index (Phi) is 6.69. The second kappa shape index (κ2) is 7.78. The average molecular weight is 287 g/mol.